The third-order valence-electron chi connectivity index (χ3n) is 2.07. The van der Waals surface area contributed by atoms with Gasteiger partial charge in [0.1, 0.15) is 5.69 Å². The Morgan fingerprint density at radius 1 is 1.38 bits per heavy atom. The fourth-order valence-corrected chi connectivity index (χ4v) is 1.73. The van der Waals surface area contributed by atoms with Crippen LogP contribution in [0.15, 0.2) is 33.6 Å². The zero-order chi connectivity index (χ0) is 11.4. The second kappa shape index (κ2) is 5.12. The molecule has 0 aliphatic heterocycles. The molecule has 0 radical (unpaired) electrons. The van der Waals surface area contributed by atoms with Gasteiger partial charge in [0.15, 0.2) is 11.6 Å². The highest BCUT2D eigenvalue weighted by atomic mass is 79.9. The van der Waals surface area contributed by atoms with E-state index in [-0.39, 0.29) is 0 Å². The summed E-state index contributed by atoms with van der Waals surface area (Å²) in [5.74, 6) is 1.45. The standard InChI is InChI=1S/C11H12BrN3O/c1-2-4-14-11-9(13-5-6-15-11)10-8(12)3-7-16-10/h3,5-7H,2,4H2,1H3,(H,14,15). The van der Waals surface area contributed by atoms with E-state index < -0.39 is 0 Å². The minimum absolute atomic E-state index is 0.701. The smallest absolute Gasteiger partial charge is 0.170 e. The molecule has 0 atom stereocenters. The van der Waals surface area contributed by atoms with Crippen molar-refractivity contribution in [2.45, 2.75) is 13.3 Å². The summed E-state index contributed by atoms with van der Waals surface area (Å²) in [4.78, 5) is 8.54. The fraction of sp³-hybridized carbons (Fsp3) is 0.273. The molecule has 2 rings (SSSR count). The minimum atomic E-state index is 0.701. The molecule has 0 aliphatic rings. The number of hydrogen-bond acceptors (Lipinski definition) is 4. The van der Waals surface area contributed by atoms with Crippen molar-refractivity contribution in [3.63, 3.8) is 0 Å². The Bertz CT molecular complexity index is 470. The van der Waals surface area contributed by atoms with Crippen molar-refractivity contribution >= 4 is 21.7 Å². The summed E-state index contributed by atoms with van der Waals surface area (Å²) in [6.07, 6.45) is 5.98. The van der Waals surface area contributed by atoms with Crippen LogP contribution in [0.5, 0.6) is 0 Å². The van der Waals surface area contributed by atoms with E-state index in [0.29, 0.717) is 5.76 Å². The average Bonchev–Trinajstić information content (AvgIpc) is 2.73. The zero-order valence-corrected chi connectivity index (χ0v) is 10.5. The summed E-state index contributed by atoms with van der Waals surface area (Å²) >= 11 is 3.42. The van der Waals surface area contributed by atoms with Crippen LogP contribution in [0.2, 0.25) is 0 Å². The second-order valence-corrected chi connectivity index (χ2v) is 4.13. The average molecular weight is 282 g/mol. The van der Waals surface area contributed by atoms with E-state index >= 15 is 0 Å². The summed E-state index contributed by atoms with van der Waals surface area (Å²) in [5, 5.41) is 3.22. The van der Waals surface area contributed by atoms with Gasteiger partial charge >= 0.3 is 0 Å². The molecule has 2 aromatic rings. The van der Waals surface area contributed by atoms with Gasteiger partial charge in [-0.15, -0.1) is 0 Å². The third-order valence-corrected chi connectivity index (χ3v) is 2.70. The SMILES string of the molecule is CCCNc1nccnc1-c1occc1Br. The first-order valence-electron chi connectivity index (χ1n) is 5.11. The number of furan rings is 1. The van der Waals surface area contributed by atoms with Gasteiger partial charge in [-0.1, -0.05) is 6.92 Å². The molecule has 0 saturated heterocycles. The van der Waals surface area contributed by atoms with Crippen LogP contribution >= 0.6 is 15.9 Å². The molecule has 1 N–H and O–H groups in total. The highest BCUT2D eigenvalue weighted by molar-refractivity contribution is 9.10. The first-order chi connectivity index (χ1) is 7.83. The Morgan fingerprint density at radius 3 is 2.88 bits per heavy atom. The van der Waals surface area contributed by atoms with Crippen molar-refractivity contribution < 1.29 is 4.42 Å². The summed E-state index contributed by atoms with van der Waals surface area (Å²) in [6, 6.07) is 1.84. The number of halogens is 1. The highest BCUT2D eigenvalue weighted by Gasteiger charge is 2.13. The predicted molar refractivity (Wildman–Crippen MR) is 66.2 cm³/mol. The van der Waals surface area contributed by atoms with E-state index in [2.05, 4.69) is 38.1 Å². The van der Waals surface area contributed by atoms with Crippen LogP contribution in [0.1, 0.15) is 13.3 Å². The Kier molecular flexibility index (Phi) is 3.56. The van der Waals surface area contributed by atoms with Gasteiger partial charge < -0.3 is 9.73 Å². The molecule has 2 heterocycles. The number of rotatable bonds is 4. The summed E-state index contributed by atoms with van der Waals surface area (Å²) in [6.45, 7) is 2.97. The monoisotopic (exact) mass is 281 g/mol. The molecule has 0 spiro atoms. The molecule has 0 unspecified atom stereocenters. The second-order valence-electron chi connectivity index (χ2n) is 3.28. The van der Waals surface area contributed by atoms with Gasteiger partial charge in [0, 0.05) is 18.9 Å². The van der Waals surface area contributed by atoms with E-state index in [9.17, 15) is 0 Å². The molecule has 0 aromatic carbocycles. The maximum Gasteiger partial charge on any atom is 0.170 e. The molecule has 0 saturated carbocycles. The Hall–Kier alpha value is -1.36. The van der Waals surface area contributed by atoms with E-state index in [4.69, 9.17) is 4.42 Å². The number of anilines is 1. The molecule has 0 fully saturated rings. The third kappa shape index (κ3) is 2.24. The zero-order valence-electron chi connectivity index (χ0n) is 8.90. The van der Waals surface area contributed by atoms with Crippen molar-refractivity contribution in [3.05, 3.63) is 29.2 Å². The van der Waals surface area contributed by atoms with Crippen LogP contribution in [0.3, 0.4) is 0 Å². The number of nitrogens with zero attached hydrogens (tertiary/aromatic N) is 2. The minimum Gasteiger partial charge on any atom is -0.461 e. The molecule has 0 aliphatic carbocycles. The Balaban J connectivity index is 2.37. The molecule has 4 nitrogen and oxygen atoms in total. The van der Waals surface area contributed by atoms with Crippen molar-refractivity contribution in [1.29, 1.82) is 0 Å². The molecule has 0 bridgehead atoms. The van der Waals surface area contributed by atoms with E-state index in [0.717, 1.165) is 29.0 Å². The highest BCUT2D eigenvalue weighted by Crippen LogP contribution is 2.31. The van der Waals surface area contributed by atoms with Crippen LogP contribution < -0.4 is 5.32 Å². The number of nitrogens with one attached hydrogen (secondary N) is 1. The first kappa shape index (κ1) is 11.1. The van der Waals surface area contributed by atoms with Gasteiger partial charge in [0.05, 0.1) is 10.7 Å². The lowest BCUT2D eigenvalue weighted by Crippen LogP contribution is -2.04. The van der Waals surface area contributed by atoms with E-state index in [1.54, 1.807) is 18.7 Å². The molecular weight excluding hydrogens is 270 g/mol. The topological polar surface area (TPSA) is 51.0 Å². The molecule has 2 aromatic heterocycles. The van der Waals surface area contributed by atoms with Gasteiger partial charge in [-0.05, 0) is 28.4 Å². The summed E-state index contributed by atoms with van der Waals surface area (Å²) in [7, 11) is 0. The Morgan fingerprint density at radius 2 is 2.19 bits per heavy atom. The van der Waals surface area contributed by atoms with E-state index in [1.807, 2.05) is 6.07 Å². The molecular formula is C11H12BrN3O. The van der Waals surface area contributed by atoms with Crippen molar-refractivity contribution in [2.75, 3.05) is 11.9 Å². The first-order valence-corrected chi connectivity index (χ1v) is 5.90. The van der Waals surface area contributed by atoms with Crippen molar-refractivity contribution in [1.82, 2.24) is 9.97 Å². The van der Waals surface area contributed by atoms with E-state index in [1.165, 1.54) is 0 Å². The molecule has 5 heteroatoms. The van der Waals surface area contributed by atoms with Gasteiger partial charge in [0.25, 0.3) is 0 Å². The molecule has 0 amide bonds. The fourth-order valence-electron chi connectivity index (χ4n) is 1.34. The lowest BCUT2D eigenvalue weighted by molar-refractivity contribution is 0.578. The van der Waals surface area contributed by atoms with Crippen LogP contribution in [0, 0.1) is 0 Å². The largest absolute Gasteiger partial charge is 0.461 e. The maximum atomic E-state index is 5.38. The lowest BCUT2D eigenvalue weighted by Gasteiger charge is -2.07. The maximum absolute atomic E-state index is 5.38. The lowest BCUT2D eigenvalue weighted by atomic mass is 10.3. The van der Waals surface area contributed by atoms with Gasteiger partial charge in [-0.2, -0.15) is 0 Å². The van der Waals surface area contributed by atoms with Crippen LogP contribution in [-0.2, 0) is 0 Å². The van der Waals surface area contributed by atoms with Gasteiger partial charge in [-0.25, -0.2) is 9.97 Å². The number of aromatic nitrogens is 2. The van der Waals surface area contributed by atoms with Crippen LogP contribution in [0.25, 0.3) is 11.5 Å². The summed E-state index contributed by atoms with van der Waals surface area (Å²) < 4.78 is 6.26. The Labute approximate surface area is 102 Å². The van der Waals surface area contributed by atoms with Crippen molar-refractivity contribution in [2.24, 2.45) is 0 Å². The quantitative estimate of drug-likeness (QED) is 0.934. The van der Waals surface area contributed by atoms with Crippen molar-refractivity contribution in [3.8, 4) is 11.5 Å². The predicted octanol–water partition coefficient (Wildman–Crippen LogP) is 3.32. The normalized spacial score (nSPS) is 10.4. The molecule has 84 valence electrons. The van der Waals surface area contributed by atoms with Crippen LogP contribution in [-0.4, -0.2) is 16.5 Å². The molecule has 16 heavy (non-hydrogen) atoms. The van der Waals surface area contributed by atoms with Crippen LogP contribution in [0.4, 0.5) is 5.82 Å². The summed E-state index contributed by atoms with van der Waals surface area (Å²) in [5.41, 5.74) is 0.729. The van der Waals surface area contributed by atoms with Gasteiger partial charge in [0.2, 0.25) is 0 Å². The van der Waals surface area contributed by atoms with Gasteiger partial charge in [-0.3, -0.25) is 0 Å². The number of hydrogen-bond donors (Lipinski definition) is 1.